The summed E-state index contributed by atoms with van der Waals surface area (Å²) < 4.78 is 11.3. The SMILES string of the molecule is COc1[nH+]c(N)c(NC2OC[C@H](O)[C@H](O)[C@H]2O)c(=O)n1C. The van der Waals surface area contributed by atoms with Crippen LogP contribution >= 0.6 is 0 Å². The number of nitrogen functional groups attached to an aromatic ring is 1. The van der Waals surface area contributed by atoms with Gasteiger partial charge in [0.25, 0.3) is 5.82 Å². The highest BCUT2D eigenvalue weighted by Gasteiger charge is 2.38. The highest BCUT2D eigenvalue weighted by molar-refractivity contribution is 5.57. The number of hydrogen-bond acceptors (Lipinski definition) is 8. The predicted molar refractivity (Wildman–Crippen MR) is 70.6 cm³/mol. The van der Waals surface area contributed by atoms with E-state index in [0.29, 0.717) is 0 Å². The van der Waals surface area contributed by atoms with E-state index in [-0.39, 0.29) is 24.1 Å². The van der Waals surface area contributed by atoms with Gasteiger partial charge in [-0.1, -0.05) is 0 Å². The van der Waals surface area contributed by atoms with Crippen LogP contribution in [0.5, 0.6) is 6.01 Å². The summed E-state index contributed by atoms with van der Waals surface area (Å²) in [4.78, 5) is 14.8. The Morgan fingerprint density at radius 1 is 1.43 bits per heavy atom. The van der Waals surface area contributed by atoms with Crippen molar-refractivity contribution in [1.29, 1.82) is 0 Å². The van der Waals surface area contributed by atoms with E-state index in [0.717, 1.165) is 0 Å². The van der Waals surface area contributed by atoms with Crippen molar-refractivity contribution in [1.82, 2.24) is 4.57 Å². The van der Waals surface area contributed by atoms with E-state index in [4.69, 9.17) is 15.2 Å². The normalized spacial score (nSPS) is 29.2. The van der Waals surface area contributed by atoms with Crippen LogP contribution in [0.4, 0.5) is 11.5 Å². The minimum Gasteiger partial charge on any atom is -0.446 e. The number of ether oxygens (including phenoxy) is 2. The van der Waals surface area contributed by atoms with Gasteiger partial charge in [0.05, 0.1) is 20.8 Å². The zero-order valence-corrected chi connectivity index (χ0v) is 11.6. The van der Waals surface area contributed by atoms with Crippen molar-refractivity contribution in [2.24, 2.45) is 7.05 Å². The first kappa shape index (κ1) is 15.5. The van der Waals surface area contributed by atoms with E-state index in [9.17, 15) is 20.1 Å². The highest BCUT2D eigenvalue weighted by atomic mass is 16.5. The second-order valence-electron chi connectivity index (χ2n) is 4.73. The van der Waals surface area contributed by atoms with Crippen molar-refractivity contribution < 1.29 is 29.8 Å². The molecule has 0 bridgehead atoms. The number of rotatable bonds is 3. The fourth-order valence-corrected chi connectivity index (χ4v) is 2.04. The van der Waals surface area contributed by atoms with E-state index in [1.165, 1.54) is 18.7 Å². The molecule has 7 N–H and O–H groups in total. The van der Waals surface area contributed by atoms with Crippen LogP contribution in [-0.2, 0) is 11.8 Å². The quantitative estimate of drug-likeness (QED) is 0.388. The molecule has 0 aliphatic carbocycles. The van der Waals surface area contributed by atoms with E-state index < -0.39 is 30.1 Å². The number of aromatic nitrogens is 2. The van der Waals surface area contributed by atoms with Gasteiger partial charge in [-0.15, -0.1) is 0 Å². The molecule has 4 atom stereocenters. The van der Waals surface area contributed by atoms with Crippen LogP contribution in [0.2, 0.25) is 0 Å². The molecule has 10 nitrogen and oxygen atoms in total. The second kappa shape index (κ2) is 5.85. The van der Waals surface area contributed by atoms with Gasteiger partial charge >= 0.3 is 11.6 Å². The first-order valence-corrected chi connectivity index (χ1v) is 6.25. The summed E-state index contributed by atoms with van der Waals surface area (Å²) in [6.45, 7) is -0.185. The maximum Gasteiger partial charge on any atom is 0.399 e. The van der Waals surface area contributed by atoms with E-state index >= 15 is 0 Å². The third kappa shape index (κ3) is 2.78. The molecule has 1 aliphatic rings. The van der Waals surface area contributed by atoms with Gasteiger partial charge in [0.1, 0.15) is 18.3 Å². The molecule has 118 valence electrons. The number of nitrogens with zero attached hydrogens (tertiary/aromatic N) is 1. The number of aromatic amines is 1. The number of nitrogens with two attached hydrogens (primary N) is 1. The number of aliphatic hydroxyl groups excluding tert-OH is 3. The molecule has 0 radical (unpaired) electrons. The number of anilines is 2. The molecule has 0 aromatic carbocycles. The van der Waals surface area contributed by atoms with Crippen LogP contribution in [0.3, 0.4) is 0 Å². The zero-order valence-electron chi connectivity index (χ0n) is 11.6. The summed E-state index contributed by atoms with van der Waals surface area (Å²) in [7, 11) is 2.85. The summed E-state index contributed by atoms with van der Waals surface area (Å²) in [5.74, 6) is -0.00800. The van der Waals surface area contributed by atoms with Crippen molar-refractivity contribution in [2.75, 3.05) is 24.8 Å². The molecule has 1 aliphatic heterocycles. The Morgan fingerprint density at radius 3 is 2.71 bits per heavy atom. The summed E-state index contributed by atoms with van der Waals surface area (Å²) in [6, 6.07) is 0.156. The van der Waals surface area contributed by atoms with Gasteiger partial charge in [-0.3, -0.25) is 0 Å². The van der Waals surface area contributed by atoms with Gasteiger partial charge in [0, 0.05) is 0 Å². The Hall–Kier alpha value is -1.88. The molecular weight excluding hydrogens is 284 g/mol. The number of nitrogens with one attached hydrogen (secondary N) is 2. The molecule has 1 fully saturated rings. The minimum atomic E-state index is -1.42. The van der Waals surface area contributed by atoms with Crippen LogP contribution in [0.1, 0.15) is 0 Å². The van der Waals surface area contributed by atoms with Gasteiger partial charge in [-0.2, -0.15) is 4.57 Å². The fourth-order valence-electron chi connectivity index (χ4n) is 2.04. The maximum absolute atomic E-state index is 12.2. The van der Waals surface area contributed by atoms with Crippen LogP contribution in [0.15, 0.2) is 4.79 Å². The van der Waals surface area contributed by atoms with Crippen LogP contribution in [0.25, 0.3) is 0 Å². The van der Waals surface area contributed by atoms with Crippen molar-refractivity contribution in [3.05, 3.63) is 10.4 Å². The maximum atomic E-state index is 12.2. The van der Waals surface area contributed by atoms with Crippen molar-refractivity contribution in [3.63, 3.8) is 0 Å². The van der Waals surface area contributed by atoms with Crippen LogP contribution in [0, 0.1) is 0 Å². The Kier molecular flexibility index (Phi) is 4.32. The lowest BCUT2D eigenvalue weighted by molar-refractivity contribution is -0.384. The average Bonchev–Trinajstić information content (AvgIpc) is 2.47. The monoisotopic (exact) mass is 303 g/mol. The van der Waals surface area contributed by atoms with Gasteiger partial charge in [-0.25, -0.2) is 9.78 Å². The van der Waals surface area contributed by atoms with Crippen molar-refractivity contribution in [2.45, 2.75) is 24.5 Å². The molecule has 0 amide bonds. The third-order valence-electron chi connectivity index (χ3n) is 3.31. The van der Waals surface area contributed by atoms with E-state index in [1.54, 1.807) is 0 Å². The van der Waals surface area contributed by atoms with Gasteiger partial charge in [0.2, 0.25) is 0 Å². The van der Waals surface area contributed by atoms with Gasteiger partial charge in [-0.05, 0) is 0 Å². The van der Waals surface area contributed by atoms with Crippen LogP contribution < -0.4 is 26.3 Å². The Morgan fingerprint density at radius 2 is 2.10 bits per heavy atom. The molecular formula is C11H19N4O6+. The highest BCUT2D eigenvalue weighted by Crippen LogP contribution is 2.19. The molecule has 0 spiro atoms. The molecule has 2 rings (SSSR count). The van der Waals surface area contributed by atoms with Gasteiger partial charge in [0.15, 0.2) is 11.9 Å². The van der Waals surface area contributed by atoms with Crippen LogP contribution in [-0.4, -0.2) is 58.1 Å². The lowest BCUT2D eigenvalue weighted by Crippen LogP contribution is -2.56. The fraction of sp³-hybridized carbons (Fsp3) is 0.636. The molecule has 10 heteroatoms. The minimum absolute atomic E-state index is 0.00800. The van der Waals surface area contributed by atoms with Crippen molar-refractivity contribution >= 4 is 11.5 Å². The topological polar surface area (TPSA) is 153 Å². The molecule has 1 aromatic heterocycles. The lowest BCUT2D eigenvalue weighted by atomic mass is 10.0. The molecule has 21 heavy (non-hydrogen) atoms. The molecule has 1 saturated heterocycles. The summed E-state index contributed by atoms with van der Waals surface area (Å²) in [5, 5.41) is 31.4. The van der Waals surface area contributed by atoms with Crippen molar-refractivity contribution in [3.8, 4) is 6.01 Å². The molecule has 2 heterocycles. The first-order valence-electron chi connectivity index (χ1n) is 6.25. The van der Waals surface area contributed by atoms with E-state index in [1.807, 2.05) is 0 Å². The molecule has 0 saturated carbocycles. The summed E-state index contributed by atoms with van der Waals surface area (Å²) in [5.41, 5.74) is 5.19. The summed E-state index contributed by atoms with van der Waals surface area (Å²) >= 11 is 0. The Balaban J connectivity index is 2.28. The number of H-pyrrole nitrogens is 1. The summed E-state index contributed by atoms with van der Waals surface area (Å²) in [6.07, 6.45) is -5.08. The number of aliphatic hydroxyl groups is 3. The zero-order chi connectivity index (χ0) is 15.7. The number of methoxy groups -OCH3 is 1. The average molecular weight is 303 g/mol. The first-order chi connectivity index (χ1) is 9.86. The predicted octanol–water partition coefficient (Wildman–Crippen LogP) is -3.36. The Labute approximate surface area is 119 Å². The molecule has 1 unspecified atom stereocenters. The number of hydrogen-bond donors (Lipinski definition) is 5. The standard InChI is InChI=1S/C11H18N4O6/c1-15-10(19)5(8(12)14-11(15)20-2)13-9-7(18)6(17)4(16)3-21-9/h4,6-7,9,13,16-18H,3,12H2,1-2H3/p+1/t4-,6-,7+,9?/m0/s1. The second-order valence-corrected chi connectivity index (χ2v) is 4.73. The van der Waals surface area contributed by atoms with E-state index in [2.05, 4.69) is 10.3 Å². The molecule has 1 aromatic rings. The van der Waals surface area contributed by atoms with Gasteiger partial charge < -0.3 is 35.8 Å². The lowest BCUT2D eigenvalue weighted by Gasteiger charge is -2.35. The Bertz CT molecular complexity index is 577. The largest absolute Gasteiger partial charge is 0.446 e. The third-order valence-corrected chi connectivity index (χ3v) is 3.31. The smallest absolute Gasteiger partial charge is 0.399 e.